The Morgan fingerprint density at radius 3 is 2.59 bits per heavy atom. The maximum absolute atomic E-state index is 11.9. The van der Waals surface area contributed by atoms with Crippen LogP contribution in [0.2, 0.25) is 5.02 Å². The van der Waals surface area contributed by atoms with Crippen LogP contribution in [0.15, 0.2) is 53.5 Å². The lowest BCUT2D eigenvalue weighted by atomic mass is 10.2. The Bertz CT molecular complexity index is 977. The summed E-state index contributed by atoms with van der Waals surface area (Å²) in [5, 5.41) is 1.53. The fourth-order valence-electron chi connectivity index (χ4n) is 3.30. The van der Waals surface area contributed by atoms with Crippen molar-refractivity contribution in [3.05, 3.63) is 59.1 Å². The number of fused-ring (bicyclic) bond motifs is 1. The van der Waals surface area contributed by atoms with Gasteiger partial charge in [-0.05, 0) is 35.9 Å². The molecule has 27 heavy (non-hydrogen) atoms. The lowest BCUT2D eigenvalue weighted by Gasteiger charge is -2.25. The summed E-state index contributed by atoms with van der Waals surface area (Å²) in [6, 6.07) is 15.3. The number of benzene rings is 2. The number of rotatable bonds is 4. The van der Waals surface area contributed by atoms with Crippen LogP contribution in [0.3, 0.4) is 0 Å². The van der Waals surface area contributed by atoms with E-state index in [9.17, 15) is 8.42 Å². The summed E-state index contributed by atoms with van der Waals surface area (Å²) in [5.41, 5.74) is 1.95. The van der Waals surface area contributed by atoms with Gasteiger partial charge in [-0.1, -0.05) is 41.6 Å². The van der Waals surface area contributed by atoms with E-state index in [1.165, 1.54) is 0 Å². The SMILES string of the molecule is COc1ccc(N(Cc2ccccc2Cl)C2=N[C@@H]3CS(=O)(=O)C[C@H]3S2)cc1. The van der Waals surface area contributed by atoms with E-state index in [-0.39, 0.29) is 22.8 Å². The zero-order chi connectivity index (χ0) is 19.0. The van der Waals surface area contributed by atoms with Crippen LogP contribution in [0.25, 0.3) is 0 Å². The standard InChI is InChI=1S/C19H19ClN2O3S2/c1-25-15-8-6-14(7-9-15)22(10-13-4-2-3-5-16(13)20)19-21-17-11-27(23,24)12-18(17)26-19/h2-9,17-18H,10-12H2,1H3/t17-,18-/m1/s1. The third kappa shape index (κ3) is 3.95. The number of anilines is 1. The van der Waals surface area contributed by atoms with E-state index in [1.807, 2.05) is 48.5 Å². The Hall–Kier alpha value is -1.70. The second-order valence-corrected chi connectivity index (χ2v) is 10.4. The lowest BCUT2D eigenvalue weighted by molar-refractivity contribution is 0.415. The predicted molar refractivity (Wildman–Crippen MR) is 112 cm³/mol. The number of thioether (sulfide) groups is 1. The van der Waals surface area contributed by atoms with E-state index in [4.69, 9.17) is 21.3 Å². The van der Waals surface area contributed by atoms with Crippen LogP contribution in [-0.2, 0) is 16.4 Å². The second-order valence-electron chi connectivity index (χ2n) is 6.59. The predicted octanol–water partition coefficient (Wildman–Crippen LogP) is 3.62. The van der Waals surface area contributed by atoms with Crippen LogP contribution < -0.4 is 9.64 Å². The zero-order valence-corrected chi connectivity index (χ0v) is 17.1. The molecule has 0 spiro atoms. The van der Waals surface area contributed by atoms with E-state index in [1.54, 1.807) is 18.9 Å². The molecule has 0 N–H and O–H groups in total. The minimum atomic E-state index is -2.98. The Labute approximate surface area is 168 Å². The second kappa shape index (κ2) is 7.37. The van der Waals surface area contributed by atoms with Gasteiger partial charge in [-0.25, -0.2) is 8.42 Å². The molecule has 2 aliphatic heterocycles. The van der Waals surface area contributed by atoms with Crippen LogP contribution >= 0.6 is 23.4 Å². The minimum absolute atomic E-state index is 0.00278. The van der Waals surface area contributed by atoms with Crippen molar-refractivity contribution < 1.29 is 13.2 Å². The molecule has 1 fully saturated rings. The molecule has 0 aromatic heterocycles. The Morgan fingerprint density at radius 1 is 1.19 bits per heavy atom. The van der Waals surface area contributed by atoms with Gasteiger partial charge in [-0.2, -0.15) is 0 Å². The molecule has 1 saturated heterocycles. The van der Waals surface area contributed by atoms with E-state index < -0.39 is 9.84 Å². The van der Waals surface area contributed by atoms with Crippen LogP contribution in [-0.4, -0.2) is 43.5 Å². The third-order valence-corrected chi connectivity index (χ3v) is 8.32. The monoisotopic (exact) mass is 422 g/mol. The molecule has 4 rings (SSSR count). The quantitative estimate of drug-likeness (QED) is 0.753. The van der Waals surface area contributed by atoms with E-state index in [0.717, 1.165) is 22.2 Å². The first-order valence-corrected chi connectivity index (χ1v) is 11.6. The molecule has 5 nitrogen and oxygen atoms in total. The molecule has 2 aromatic rings. The maximum Gasteiger partial charge on any atom is 0.164 e. The summed E-state index contributed by atoms with van der Waals surface area (Å²) < 4.78 is 29.0. The first-order chi connectivity index (χ1) is 12.9. The fraction of sp³-hybridized carbons (Fsp3) is 0.316. The van der Waals surface area contributed by atoms with Gasteiger partial charge in [-0.15, -0.1) is 0 Å². The van der Waals surface area contributed by atoms with Gasteiger partial charge in [-0.3, -0.25) is 4.99 Å². The molecule has 8 heteroatoms. The summed E-state index contributed by atoms with van der Waals surface area (Å²) in [5.74, 6) is 1.11. The molecule has 0 amide bonds. The normalized spacial score (nSPS) is 23.0. The largest absolute Gasteiger partial charge is 0.497 e. The van der Waals surface area contributed by atoms with Gasteiger partial charge in [0, 0.05) is 16.0 Å². The van der Waals surface area contributed by atoms with Crippen molar-refractivity contribution in [2.45, 2.75) is 17.8 Å². The van der Waals surface area contributed by atoms with Gasteiger partial charge < -0.3 is 9.64 Å². The van der Waals surface area contributed by atoms with Gasteiger partial charge in [0.25, 0.3) is 0 Å². The molecule has 2 aromatic carbocycles. The van der Waals surface area contributed by atoms with Gasteiger partial charge in [0.2, 0.25) is 0 Å². The number of methoxy groups -OCH3 is 1. The molecular formula is C19H19ClN2O3S2. The number of sulfone groups is 1. The van der Waals surface area contributed by atoms with Crippen molar-refractivity contribution in [1.82, 2.24) is 0 Å². The third-order valence-electron chi connectivity index (χ3n) is 4.71. The van der Waals surface area contributed by atoms with Crippen molar-refractivity contribution in [3.8, 4) is 5.75 Å². The van der Waals surface area contributed by atoms with Crippen LogP contribution in [0.5, 0.6) is 5.75 Å². The Morgan fingerprint density at radius 2 is 1.93 bits per heavy atom. The number of aliphatic imine (C=N–C) groups is 1. The van der Waals surface area contributed by atoms with Gasteiger partial charge >= 0.3 is 0 Å². The zero-order valence-electron chi connectivity index (χ0n) is 14.7. The number of ether oxygens (including phenoxy) is 1. The summed E-state index contributed by atoms with van der Waals surface area (Å²) >= 11 is 7.91. The molecule has 142 valence electrons. The van der Waals surface area contributed by atoms with Crippen molar-refractivity contribution in [2.75, 3.05) is 23.5 Å². The smallest absolute Gasteiger partial charge is 0.164 e. The Kier molecular flexibility index (Phi) is 5.09. The minimum Gasteiger partial charge on any atom is -0.497 e. The number of halogens is 1. The molecule has 2 aliphatic rings. The van der Waals surface area contributed by atoms with E-state index >= 15 is 0 Å². The highest BCUT2D eigenvalue weighted by Gasteiger charge is 2.44. The molecule has 0 unspecified atom stereocenters. The Balaban J connectivity index is 1.67. The van der Waals surface area contributed by atoms with Gasteiger partial charge in [0.1, 0.15) is 5.75 Å². The molecular weight excluding hydrogens is 404 g/mol. The molecule has 0 aliphatic carbocycles. The highest BCUT2D eigenvalue weighted by Crippen LogP contribution is 2.38. The molecule has 0 radical (unpaired) electrons. The maximum atomic E-state index is 11.9. The van der Waals surface area contributed by atoms with E-state index in [0.29, 0.717) is 11.6 Å². The first-order valence-electron chi connectivity index (χ1n) is 8.55. The lowest BCUT2D eigenvalue weighted by Crippen LogP contribution is -2.28. The molecule has 2 atom stereocenters. The van der Waals surface area contributed by atoms with Crippen molar-refractivity contribution >= 4 is 44.1 Å². The number of hydrogen-bond acceptors (Lipinski definition) is 6. The van der Waals surface area contributed by atoms with E-state index in [2.05, 4.69) is 4.90 Å². The number of nitrogens with zero attached hydrogens (tertiary/aromatic N) is 2. The van der Waals surface area contributed by atoms with Crippen LogP contribution in [0, 0.1) is 0 Å². The molecule has 0 bridgehead atoms. The number of hydrogen-bond donors (Lipinski definition) is 0. The summed E-state index contributed by atoms with van der Waals surface area (Å²) in [7, 11) is -1.34. The molecule has 2 heterocycles. The topological polar surface area (TPSA) is 59.0 Å². The fourth-order valence-corrected chi connectivity index (χ4v) is 7.28. The average molecular weight is 423 g/mol. The molecule has 0 saturated carbocycles. The van der Waals surface area contributed by atoms with Crippen molar-refractivity contribution in [1.29, 1.82) is 0 Å². The average Bonchev–Trinajstić information content (AvgIpc) is 3.14. The summed E-state index contributed by atoms with van der Waals surface area (Å²) in [6.45, 7) is 0.560. The summed E-state index contributed by atoms with van der Waals surface area (Å²) in [4.78, 5) is 6.84. The van der Waals surface area contributed by atoms with Gasteiger partial charge in [0.15, 0.2) is 15.0 Å². The van der Waals surface area contributed by atoms with Crippen LogP contribution in [0.1, 0.15) is 5.56 Å². The highest BCUT2D eigenvalue weighted by atomic mass is 35.5. The number of amidine groups is 1. The first kappa shape index (κ1) is 18.7. The van der Waals surface area contributed by atoms with Crippen LogP contribution in [0.4, 0.5) is 5.69 Å². The summed E-state index contributed by atoms with van der Waals surface area (Å²) in [6.07, 6.45) is 0. The highest BCUT2D eigenvalue weighted by molar-refractivity contribution is 8.15. The van der Waals surface area contributed by atoms with Gasteiger partial charge in [0.05, 0.1) is 31.2 Å². The van der Waals surface area contributed by atoms with Crippen molar-refractivity contribution in [3.63, 3.8) is 0 Å². The van der Waals surface area contributed by atoms with Crippen molar-refractivity contribution in [2.24, 2.45) is 4.99 Å².